The van der Waals surface area contributed by atoms with Gasteiger partial charge in [0.15, 0.2) is 0 Å². The molecule has 102 valence electrons. The average Bonchev–Trinajstić information content (AvgIpc) is 2.84. The van der Waals surface area contributed by atoms with Gasteiger partial charge in [-0.25, -0.2) is 4.68 Å². The van der Waals surface area contributed by atoms with Gasteiger partial charge in [0.2, 0.25) is 5.16 Å². The van der Waals surface area contributed by atoms with E-state index < -0.39 is 0 Å². The van der Waals surface area contributed by atoms with Crippen LogP contribution in [0.25, 0.3) is 0 Å². The molecule has 0 bridgehead atoms. The summed E-state index contributed by atoms with van der Waals surface area (Å²) in [5, 5.41) is 16.0. The van der Waals surface area contributed by atoms with Crippen molar-refractivity contribution in [3.63, 3.8) is 0 Å². The molecule has 0 aliphatic rings. The summed E-state index contributed by atoms with van der Waals surface area (Å²) in [5.41, 5.74) is 2.58. The van der Waals surface area contributed by atoms with Crippen LogP contribution in [0.5, 0.6) is 0 Å². The van der Waals surface area contributed by atoms with Crippen LogP contribution in [0.3, 0.4) is 0 Å². The number of aryl methyl sites for hydroxylation is 1. The summed E-state index contributed by atoms with van der Waals surface area (Å²) in [4.78, 5) is 0. The molecule has 1 aromatic heterocycles. The van der Waals surface area contributed by atoms with Gasteiger partial charge in [-0.15, -0.1) is 5.10 Å². The first-order chi connectivity index (χ1) is 9.29. The van der Waals surface area contributed by atoms with Crippen LogP contribution in [0, 0.1) is 6.92 Å². The van der Waals surface area contributed by atoms with E-state index in [0.29, 0.717) is 0 Å². The highest BCUT2D eigenvalue weighted by molar-refractivity contribution is 7.98. The normalized spacial score (nSPS) is 10.8. The predicted molar refractivity (Wildman–Crippen MR) is 77.1 cm³/mol. The molecule has 19 heavy (non-hydrogen) atoms. The van der Waals surface area contributed by atoms with Crippen LogP contribution in [0.1, 0.15) is 18.1 Å². The average molecular weight is 277 g/mol. The Hall–Kier alpha value is -1.40. The van der Waals surface area contributed by atoms with Crippen molar-refractivity contribution < 1.29 is 0 Å². The maximum absolute atomic E-state index is 4.07. The van der Waals surface area contributed by atoms with Gasteiger partial charge in [0, 0.05) is 12.3 Å². The van der Waals surface area contributed by atoms with E-state index in [1.165, 1.54) is 11.1 Å². The number of tetrazole rings is 1. The van der Waals surface area contributed by atoms with E-state index in [-0.39, 0.29) is 0 Å². The van der Waals surface area contributed by atoms with Crippen molar-refractivity contribution in [1.82, 2.24) is 25.5 Å². The van der Waals surface area contributed by atoms with Crippen LogP contribution in [0.2, 0.25) is 0 Å². The SMILES string of the molecule is CCNCCn1nnnc1SCc1cccc(C)c1. The van der Waals surface area contributed by atoms with E-state index >= 15 is 0 Å². The van der Waals surface area contributed by atoms with Crippen molar-refractivity contribution in [3.8, 4) is 0 Å². The molecular weight excluding hydrogens is 258 g/mol. The van der Waals surface area contributed by atoms with Crippen LogP contribution in [-0.2, 0) is 12.3 Å². The molecule has 0 aliphatic carbocycles. The Labute approximate surface area is 117 Å². The maximum atomic E-state index is 4.07. The highest BCUT2D eigenvalue weighted by atomic mass is 32.2. The molecule has 1 heterocycles. The molecule has 0 fully saturated rings. The van der Waals surface area contributed by atoms with Gasteiger partial charge in [0.25, 0.3) is 0 Å². The van der Waals surface area contributed by atoms with Crippen molar-refractivity contribution in [2.45, 2.75) is 31.3 Å². The van der Waals surface area contributed by atoms with Crippen molar-refractivity contribution in [2.24, 2.45) is 0 Å². The number of nitrogens with one attached hydrogen (secondary N) is 1. The largest absolute Gasteiger partial charge is 0.315 e. The van der Waals surface area contributed by atoms with Crippen LogP contribution in [0.15, 0.2) is 29.4 Å². The summed E-state index contributed by atoms with van der Waals surface area (Å²) in [5.74, 6) is 0.892. The third-order valence-corrected chi connectivity index (χ3v) is 3.73. The third kappa shape index (κ3) is 4.33. The molecule has 0 spiro atoms. The number of rotatable bonds is 7. The Kier molecular flexibility index (Phi) is 5.35. The molecule has 1 aromatic carbocycles. The fraction of sp³-hybridized carbons (Fsp3) is 0.462. The minimum Gasteiger partial charge on any atom is -0.315 e. The Morgan fingerprint density at radius 1 is 1.37 bits per heavy atom. The van der Waals surface area contributed by atoms with E-state index in [9.17, 15) is 0 Å². The van der Waals surface area contributed by atoms with E-state index in [4.69, 9.17) is 0 Å². The lowest BCUT2D eigenvalue weighted by Gasteiger charge is -2.05. The Bertz CT molecular complexity index is 511. The zero-order valence-corrected chi connectivity index (χ0v) is 12.2. The van der Waals surface area contributed by atoms with Gasteiger partial charge in [0.1, 0.15) is 0 Å². The van der Waals surface area contributed by atoms with Crippen molar-refractivity contribution in [2.75, 3.05) is 13.1 Å². The maximum Gasteiger partial charge on any atom is 0.209 e. The van der Waals surface area contributed by atoms with Crippen molar-refractivity contribution in [1.29, 1.82) is 0 Å². The van der Waals surface area contributed by atoms with Crippen LogP contribution in [-0.4, -0.2) is 33.3 Å². The molecular formula is C13H19N5S. The Morgan fingerprint density at radius 3 is 3.05 bits per heavy atom. The van der Waals surface area contributed by atoms with Gasteiger partial charge >= 0.3 is 0 Å². The van der Waals surface area contributed by atoms with Gasteiger partial charge < -0.3 is 5.32 Å². The number of benzene rings is 1. The second-order valence-corrected chi connectivity index (χ2v) is 5.26. The van der Waals surface area contributed by atoms with Crippen LogP contribution >= 0.6 is 11.8 Å². The molecule has 2 rings (SSSR count). The number of likely N-dealkylation sites (N-methyl/N-ethyl adjacent to an activating group) is 1. The summed E-state index contributed by atoms with van der Waals surface area (Å²) >= 11 is 1.67. The fourth-order valence-electron chi connectivity index (χ4n) is 1.75. The molecule has 0 saturated heterocycles. The summed E-state index contributed by atoms with van der Waals surface area (Å²) < 4.78 is 1.85. The predicted octanol–water partition coefficient (Wildman–Crippen LogP) is 1.88. The molecule has 0 radical (unpaired) electrons. The number of hydrogen-bond donors (Lipinski definition) is 1. The lowest BCUT2D eigenvalue weighted by atomic mass is 10.2. The van der Waals surface area contributed by atoms with E-state index in [1.54, 1.807) is 11.8 Å². The van der Waals surface area contributed by atoms with Crippen LogP contribution in [0.4, 0.5) is 0 Å². The standard InChI is InChI=1S/C13H19N5S/c1-3-14-7-8-18-13(15-16-17-18)19-10-12-6-4-5-11(2)9-12/h4-6,9,14H,3,7-8,10H2,1-2H3. The van der Waals surface area contributed by atoms with Crippen LogP contribution < -0.4 is 5.32 Å². The molecule has 1 N–H and O–H groups in total. The second kappa shape index (κ2) is 7.25. The number of nitrogens with zero attached hydrogens (tertiary/aromatic N) is 4. The highest BCUT2D eigenvalue weighted by Crippen LogP contribution is 2.20. The molecule has 5 nitrogen and oxygen atoms in total. The minimum atomic E-state index is 0.803. The quantitative estimate of drug-likeness (QED) is 0.618. The molecule has 0 unspecified atom stereocenters. The second-order valence-electron chi connectivity index (χ2n) is 4.32. The molecule has 0 amide bonds. The highest BCUT2D eigenvalue weighted by Gasteiger charge is 2.06. The molecule has 0 aliphatic heterocycles. The van der Waals surface area contributed by atoms with Gasteiger partial charge in [0.05, 0.1) is 6.54 Å². The summed E-state index contributed by atoms with van der Waals surface area (Å²) in [6.07, 6.45) is 0. The molecule has 0 saturated carbocycles. The Balaban J connectivity index is 1.90. The van der Waals surface area contributed by atoms with Gasteiger partial charge in [-0.05, 0) is 29.5 Å². The molecule has 2 aromatic rings. The van der Waals surface area contributed by atoms with Gasteiger partial charge in [-0.2, -0.15) is 0 Å². The van der Waals surface area contributed by atoms with Gasteiger partial charge in [-0.1, -0.05) is 48.5 Å². The molecule has 0 atom stereocenters. The number of thioether (sulfide) groups is 1. The first-order valence-corrected chi connectivity index (χ1v) is 7.43. The Morgan fingerprint density at radius 2 is 2.26 bits per heavy atom. The summed E-state index contributed by atoms with van der Waals surface area (Å²) in [6, 6.07) is 8.51. The minimum absolute atomic E-state index is 0.803. The van der Waals surface area contributed by atoms with E-state index in [1.807, 2.05) is 4.68 Å². The number of aromatic nitrogens is 4. The zero-order chi connectivity index (χ0) is 13.5. The lowest BCUT2D eigenvalue weighted by molar-refractivity contribution is 0.517. The molecule has 6 heteroatoms. The van der Waals surface area contributed by atoms with E-state index in [0.717, 1.165) is 30.5 Å². The first-order valence-electron chi connectivity index (χ1n) is 6.45. The van der Waals surface area contributed by atoms with Gasteiger partial charge in [-0.3, -0.25) is 0 Å². The van der Waals surface area contributed by atoms with Crippen molar-refractivity contribution >= 4 is 11.8 Å². The van der Waals surface area contributed by atoms with Crippen molar-refractivity contribution in [3.05, 3.63) is 35.4 Å². The number of hydrogen-bond acceptors (Lipinski definition) is 5. The smallest absolute Gasteiger partial charge is 0.209 e. The fourth-order valence-corrected chi connectivity index (χ4v) is 2.60. The topological polar surface area (TPSA) is 55.6 Å². The summed E-state index contributed by atoms with van der Waals surface area (Å²) in [6.45, 7) is 6.85. The first kappa shape index (κ1) is 14.0. The third-order valence-electron chi connectivity index (χ3n) is 2.70. The lowest BCUT2D eigenvalue weighted by Crippen LogP contribution is -2.20. The summed E-state index contributed by atoms with van der Waals surface area (Å²) in [7, 11) is 0. The monoisotopic (exact) mass is 277 g/mol. The zero-order valence-electron chi connectivity index (χ0n) is 11.3. The van der Waals surface area contributed by atoms with E-state index in [2.05, 4.69) is 59.0 Å².